The van der Waals surface area contributed by atoms with Crippen molar-refractivity contribution in [2.45, 2.75) is 51.4 Å². The van der Waals surface area contributed by atoms with Crippen LogP contribution in [0.5, 0.6) is 0 Å². The van der Waals surface area contributed by atoms with Crippen LogP contribution in [0.25, 0.3) is 5.70 Å². The number of benzene rings is 1. The smallest absolute Gasteiger partial charge is 0.0382 e. The van der Waals surface area contributed by atoms with Gasteiger partial charge in [-0.25, -0.2) is 0 Å². The summed E-state index contributed by atoms with van der Waals surface area (Å²) < 4.78 is 0. The van der Waals surface area contributed by atoms with E-state index in [-0.39, 0.29) is 0 Å². The predicted octanol–water partition coefficient (Wildman–Crippen LogP) is 4.44. The Hall–Kier alpha value is -1.24. The van der Waals surface area contributed by atoms with Crippen LogP contribution in [0.3, 0.4) is 0 Å². The van der Waals surface area contributed by atoms with Gasteiger partial charge < -0.3 is 5.73 Å². The van der Waals surface area contributed by atoms with Crippen molar-refractivity contribution in [1.29, 1.82) is 0 Å². The summed E-state index contributed by atoms with van der Waals surface area (Å²) in [4.78, 5) is 0. The maximum absolute atomic E-state index is 6.38. The Morgan fingerprint density at radius 2 is 1.94 bits per heavy atom. The SMILES string of the molecule is CC1CCC(c2ccccc2C(N)=C2CCC2)C1. The maximum Gasteiger partial charge on any atom is 0.0382 e. The van der Waals surface area contributed by atoms with E-state index in [1.54, 1.807) is 0 Å². The third kappa shape index (κ3) is 2.07. The van der Waals surface area contributed by atoms with E-state index in [4.69, 9.17) is 5.73 Å². The molecule has 1 heteroatoms. The third-order valence-corrected chi connectivity index (χ3v) is 4.72. The summed E-state index contributed by atoms with van der Waals surface area (Å²) in [6.07, 6.45) is 7.77. The molecular formula is C17H23N. The summed E-state index contributed by atoms with van der Waals surface area (Å²) in [6, 6.07) is 8.81. The lowest BCUT2D eigenvalue weighted by atomic mass is 9.84. The van der Waals surface area contributed by atoms with Gasteiger partial charge in [-0.3, -0.25) is 0 Å². The van der Waals surface area contributed by atoms with Crippen molar-refractivity contribution in [2.75, 3.05) is 0 Å². The van der Waals surface area contributed by atoms with E-state index in [1.165, 1.54) is 55.2 Å². The molecule has 1 aromatic rings. The van der Waals surface area contributed by atoms with Gasteiger partial charge in [0.15, 0.2) is 0 Å². The molecule has 0 saturated heterocycles. The van der Waals surface area contributed by atoms with E-state index in [1.807, 2.05) is 0 Å². The summed E-state index contributed by atoms with van der Waals surface area (Å²) >= 11 is 0. The average Bonchev–Trinajstić information content (AvgIpc) is 2.73. The zero-order valence-electron chi connectivity index (χ0n) is 11.3. The van der Waals surface area contributed by atoms with E-state index < -0.39 is 0 Å². The minimum absolute atomic E-state index is 0.732. The number of allylic oxidation sites excluding steroid dienone is 1. The summed E-state index contributed by atoms with van der Waals surface area (Å²) in [6.45, 7) is 2.37. The lowest BCUT2D eigenvalue weighted by molar-refractivity contribution is 0.596. The molecule has 18 heavy (non-hydrogen) atoms. The second-order valence-corrected chi connectivity index (χ2v) is 6.07. The average molecular weight is 241 g/mol. The fourth-order valence-corrected chi connectivity index (χ4v) is 3.40. The highest BCUT2D eigenvalue weighted by molar-refractivity contribution is 5.70. The Balaban J connectivity index is 1.95. The summed E-state index contributed by atoms with van der Waals surface area (Å²) in [5, 5.41) is 0. The highest BCUT2D eigenvalue weighted by Gasteiger charge is 2.25. The first-order chi connectivity index (χ1) is 8.75. The first-order valence-electron chi connectivity index (χ1n) is 7.32. The monoisotopic (exact) mass is 241 g/mol. The van der Waals surface area contributed by atoms with Crippen LogP contribution in [-0.2, 0) is 0 Å². The van der Waals surface area contributed by atoms with Crippen LogP contribution in [0.15, 0.2) is 29.8 Å². The van der Waals surface area contributed by atoms with Crippen molar-refractivity contribution in [3.05, 3.63) is 41.0 Å². The van der Waals surface area contributed by atoms with E-state index in [9.17, 15) is 0 Å². The summed E-state index contributed by atoms with van der Waals surface area (Å²) in [7, 11) is 0. The molecule has 1 aromatic carbocycles. The molecule has 2 atom stereocenters. The molecule has 0 heterocycles. The Kier molecular flexibility index (Phi) is 3.15. The van der Waals surface area contributed by atoms with Crippen LogP contribution in [0.4, 0.5) is 0 Å². The molecule has 2 aliphatic rings. The molecule has 96 valence electrons. The van der Waals surface area contributed by atoms with Crippen molar-refractivity contribution in [3.8, 4) is 0 Å². The molecule has 0 radical (unpaired) electrons. The molecule has 3 rings (SSSR count). The molecule has 0 amide bonds. The number of rotatable bonds is 2. The van der Waals surface area contributed by atoms with Crippen LogP contribution in [0, 0.1) is 5.92 Å². The molecule has 2 saturated carbocycles. The predicted molar refractivity (Wildman–Crippen MR) is 77.2 cm³/mol. The number of hydrogen-bond acceptors (Lipinski definition) is 1. The van der Waals surface area contributed by atoms with Gasteiger partial charge in [-0.05, 0) is 55.1 Å². The van der Waals surface area contributed by atoms with Gasteiger partial charge in [0.1, 0.15) is 0 Å². The highest BCUT2D eigenvalue weighted by atomic mass is 14.6. The van der Waals surface area contributed by atoms with Crippen LogP contribution in [0.1, 0.15) is 62.5 Å². The zero-order valence-corrected chi connectivity index (χ0v) is 11.3. The van der Waals surface area contributed by atoms with Crippen molar-refractivity contribution in [1.82, 2.24) is 0 Å². The molecule has 0 bridgehead atoms. The van der Waals surface area contributed by atoms with Crippen LogP contribution in [0.2, 0.25) is 0 Å². The van der Waals surface area contributed by atoms with Gasteiger partial charge in [-0.15, -0.1) is 0 Å². The minimum Gasteiger partial charge on any atom is -0.398 e. The van der Waals surface area contributed by atoms with Gasteiger partial charge in [0.25, 0.3) is 0 Å². The van der Waals surface area contributed by atoms with E-state index >= 15 is 0 Å². The lowest BCUT2D eigenvalue weighted by Crippen LogP contribution is -2.11. The van der Waals surface area contributed by atoms with Crippen molar-refractivity contribution >= 4 is 5.70 Å². The van der Waals surface area contributed by atoms with Gasteiger partial charge in [0, 0.05) is 11.3 Å². The largest absolute Gasteiger partial charge is 0.398 e. The quantitative estimate of drug-likeness (QED) is 0.813. The second kappa shape index (κ2) is 4.79. The molecular weight excluding hydrogens is 218 g/mol. The van der Waals surface area contributed by atoms with Gasteiger partial charge >= 0.3 is 0 Å². The molecule has 0 aromatic heterocycles. The third-order valence-electron chi connectivity index (χ3n) is 4.72. The Bertz CT molecular complexity index is 466. The van der Waals surface area contributed by atoms with Gasteiger partial charge in [0.2, 0.25) is 0 Å². The zero-order chi connectivity index (χ0) is 12.5. The number of nitrogens with two attached hydrogens (primary N) is 1. The van der Waals surface area contributed by atoms with Crippen molar-refractivity contribution < 1.29 is 0 Å². The minimum atomic E-state index is 0.732. The molecule has 2 aliphatic carbocycles. The lowest BCUT2D eigenvalue weighted by Gasteiger charge is -2.23. The van der Waals surface area contributed by atoms with E-state index in [0.29, 0.717) is 0 Å². The fraction of sp³-hybridized carbons (Fsp3) is 0.529. The van der Waals surface area contributed by atoms with Gasteiger partial charge in [-0.2, -0.15) is 0 Å². The van der Waals surface area contributed by atoms with Crippen molar-refractivity contribution in [2.24, 2.45) is 11.7 Å². The van der Waals surface area contributed by atoms with Gasteiger partial charge in [-0.1, -0.05) is 37.6 Å². The molecule has 0 spiro atoms. The highest BCUT2D eigenvalue weighted by Crippen LogP contribution is 2.41. The molecule has 2 unspecified atom stereocenters. The van der Waals surface area contributed by atoms with E-state index in [2.05, 4.69) is 31.2 Å². The molecule has 2 N–H and O–H groups in total. The first kappa shape index (κ1) is 11.8. The van der Waals surface area contributed by atoms with Crippen molar-refractivity contribution in [3.63, 3.8) is 0 Å². The van der Waals surface area contributed by atoms with Crippen LogP contribution in [-0.4, -0.2) is 0 Å². The van der Waals surface area contributed by atoms with Gasteiger partial charge in [0.05, 0.1) is 0 Å². The standard InChI is InChI=1S/C17H23N/c1-12-9-10-14(11-12)15-7-2-3-8-16(15)17(18)13-5-4-6-13/h2-3,7-8,12,14H,4-6,9-11,18H2,1H3. The fourth-order valence-electron chi connectivity index (χ4n) is 3.40. The van der Waals surface area contributed by atoms with Crippen LogP contribution < -0.4 is 5.73 Å². The normalized spacial score (nSPS) is 27.1. The molecule has 2 fully saturated rings. The first-order valence-corrected chi connectivity index (χ1v) is 7.32. The number of hydrogen-bond donors (Lipinski definition) is 1. The summed E-state index contributed by atoms with van der Waals surface area (Å²) in [5.41, 5.74) is 11.8. The summed E-state index contributed by atoms with van der Waals surface area (Å²) in [5.74, 6) is 1.61. The van der Waals surface area contributed by atoms with Crippen LogP contribution >= 0.6 is 0 Å². The topological polar surface area (TPSA) is 26.0 Å². The van der Waals surface area contributed by atoms with E-state index in [0.717, 1.165) is 17.5 Å². The molecule has 1 nitrogen and oxygen atoms in total. The second-order valence-electron chi connectivity index (χ2n) is 6.07. The Morgan fingerprint density at radius 3 is 2.56 bits per heavy atom. The molecule has 0 aliphatic heterocycles. The Labute approximate surface area is 110 Å². The Morgan fingerprint density at radius 1 is 1.17 bits per heavy atom. The maximum atomic E-state index is 6.38.